The fourth-order valence-corrected chi connectivity index (χ4v) is 3.78. The number of rotatable bonds is 18. The lowest BCUT2D eigenvalue weighted by atomic mass is 10.1. The molecule has 0 radical (unpaired) electrons. The van der Waals surface area contributed by atoms with Crippen LogP contribution in [0.3, 0.4) is 0 Å². The van der Waals surface area contributed by atoms with Crippen molar-refractivity contribution in [2.24, 2.45) is 7.05 Å². The Morgan fingerprint density at radius 1 is 0.615 bits per heavy atom. The van der Waals surface area contributed by atoms with Gasteiger partial charge in [-0.1, -0.05) is 104 Å². The van der Waals surface area contributed by atoms with Crippen molar-refractivity contribution in [3.05, 3.63) is 17.7 Å². The molecular formula is C24H46N2. The van der Waals surface area contributed by atoms with Crippen LogP contribution in [0, 0.1) is 0 Å². The second-order valence-electron chi connectivity index (χ2n) is 8.21. The van der Waals surface area contributed by atoms with E-state index in [9.17, 15) is 0 Å². The van der Waals surface area contributed by atoms with Crippen molar-refractivity contribution in [3.63, 3.8) is 0 Å². The van der Waals surface area contributed by atoms with Gasteiger partial charge in [0.1, 0.15) is 5.82 Å². The summed E-state index contributed by atoms with van der Waals surface area (Å²) in [7, 11) is 2.17. The summed E-state index contributed by atoms with van der Waals surface area (Å²) >= 11 is 0. The lowest BCUT2D eigenvalue weighted by Gasteiger charge is -2.02. The summed E-state index contributed by atoms with van der Waals surface area (Å²) in [5.74, 6) is 1.30. The number of imidazole rings is 1. The van der Waals surface area contributed by atoms with Crippen molar-refractivity contribution >= 4 is 0 Å². The third-order valence-electron chi connectivity index (χ3n) is 5.56. The first-order valence-corrected chi connectivity index (χ1v) is 11.8. The molecule has 26 heavy (non-hydrogen) atoms. The Bertz CT molecular complexity index is 422. The molecule has 0 saturated carbocycles. The summed E-state index contributed by atoms with van der Waals surface area (Å²) in [4.78, 5) is 4.89. The Balaban J connectivity index is 2.04. The number of aromatic nitrogens is 2. The van der Waals surface area contributed by atoms with Crippen LogP contribution in [0.25, 0.3) is 0 Å². The minimum Gasteiger partial charge on any atom is -0.338 e. The standard InChI is InChI=1S/C24H46N2/c1-4-6-8-10-12-14-16-18-20-23-22-26(3)24(25-23)21-19-17-15-13-11-9-7-5-2/h22H,4-21H2,1-3H3. The van der Waals surface area contributed by atoms with Gasteiger partial charge in [0.05, 0.1) is 5.69 Å². The van der Waals surface area contributed by atoms with Crippen LogP contribution in [0.5, 0.6) is 0 Å². The Kier molecular flexibility index (Phi) is 14.7. The molecule has 0 aliphatic heterocycles. The number of hydrogen-bond acceptors (Lipinski definition) is 1. The Morgan fingerprint density at radius 2 is 1.04 bits per heavy atom. The highest BCUT2D eigenvalue weighted by Crippen LogP contribution is 2.14. The lowest BCUT2D eigenvalue weighted by Crippen LogP contribution is -1.97. The number of hydrogen-bond donors (Lipinski definition) is 0. The summed E-state index contributed by atoms with van der Waals surface area (Å²) in [5, 5.41) is 0. The van der Waals surface area contributed by atoms with E-state index < -0.39 is 0 Å². The van der Waals surface area contributed by atoms with E-state index in [4.69, 9.17) is 4.98 Å². The molecule has 1 heterocycles. The van der Waals surface area contributed by atoms with Gasteiger partial charge >= 0.3 is 0 Å². The predicted octanol–water partition coefficient (Wildman–Crippen LogP) is 7.79. The summed E-state index contributed by atoms with van der Waals surface area (Å²) in [6.07, 6.45) is 26.8. The highest BCUT2D eigenvalue weighted by molar-refractivity contribution is 5.04. The van der Waals surface area contributed by atoms with E-state index in [2.05, 4.69) is 31.7 Å². The summed E-state index contributed by atoms with van der Waals surface area (Å²) < 4.78 is 2.27. The minimum absolute atomic E-state index is 1.16. The van der Waals surface area contributed by atoms with Crippen molar-refractivity contribution < 1.29 is 0 Å². The van der Waals surface area contributed by atoms with E-state index in [0.717, 1.165) is 6.42 Å². The van der Waals surface area contributed by atoms with Gasteiger partial charge in [0.2, 0.25) is 0 Å². The second kappa shape index (κ2) is 16.4. The molecular weight excluding hydrogens is 316 g/mol. The SMILES string of the molecule is CCCCCCCCCCc1cn(C)c(CCCCCCCCCC)n1. The van der Waals surface area contributed by atoms with E-state index in [1.165, 1.54) is 121 Å². The monoisotopic (exact) mass is 362 g/mol. The van der Waals surface area contributed by atoms with Gasteiger partial charge in [-0.15, -0.1) is 0 Å². The Labute approximate surface area is 164 Å². The molecule has 1 aromatic heterocycles. The van der Waals surface area contributed by atoms with Gasteiger partial charge in [0, 0.05) is 19.7 Å². The largest absolute Gasteiger partial charge is 0.338 e. The average Bonchev–Trinajstić information content (AvgIpc) is 2.99. The first kappa shape index (κ1) is 23.2. The molecule has 0 N–H and O–H groups in total. The van der Waals surface area contributed by atoms with E-state index in [1.807, 2.05) is 0 Å². The molecule has 0 unspecified atom stereocenters. The molecule has 0 saturated heterocycles. The first-order valence-electron chi connectivity index (χ1n) is 11.8. The molecule has 0 atom stereocenters. The van der Waals surface area contributed by atoms with E-state index in [1.54, 1.807) is 0 Å². The molecule has 0 aromatic carbocycles. The topological polar surface area (TPSA) is 17.8 Å². The van der Waals surface area contributed by atoms with Gasteiger partial charge in [0.15, 0.2) is 0 Å². The summed E-state index contributed by atoms with van der Waals surface area (Å²) in [6, 6.07) is 0. The molecule has 0 aliphatic rings. The normalized spacial score (nSPS) is 11.3. The second-order valence-corrected chi connectivity index (χ2v) is 8.21. The van der Waals surface area contributed by atoms with E-state index in [0.29, 0.717) is 0 Å². The maximum absolute atomic E-state index is 4.89. The molecule has 0 spiro atoms. The molecule has 0 amide bonds. The maximum Gasteiger partial charge on any atom is 0.108 e. The van der Waals surface area contributed by atoms with Crippen LogP contribution in [0.15, 0.2) is 6.20 Å². The molecule has 1 aromatic rings. The van der Waals surface area contributed by atoms with E-state index in [-0.39, 0.29) is 0 Å². The quantitative estimate of drug-likeness (QED) is 0.244. The maximum atomic E-state index is 4.89. The highest BCUT2D eigenvalue weighted by atomic mass is 15.0. The molecule has 0 fully saturated rings. The summed E-state index contributed by atoms with van der Waals surface area (Å²) in [6.45, 7) is 4.57. The third kappa shape index (κ3) is 11.8. The molecule has 2 nitrogen and oxygen atoms in total. The van der Waals surface area contributed by atoms with Gasteiger partial charge in [-0.3, -0.25) is 0 Å². The van der Waals surface area contributed by atoms with Crippen LogP contribution in [-0.4, -0.2) is 9.55 Å². The lowest BCUT2D eigenvalue weighted by molar-refractivity contribution is 0.568. The first-order chi connectivity index (χ1) is 12.8. The molecule has 1 rings (SSSR count). The fraction of sp³-hybridized carbons (Fsp3) is 0.875. The van der Waals surface area contributed by atoms with Crippen LogP contribution >= 0.6 is 0 Å². The van der Waals surface area contributed by atoms with Gasteiger partial charge in [-0.05, 0) is 19.3 Å². The summed E-state index contributed by atoms with van der Waals surface area (Å²) in [5.41, 5.74) is 1.31. The number of aryl methyl sites for hydroxylation is 3. The van der Waals surface area contributed by atoms with Gasteiger partial charge < -0.3 is 4.57 Å². The van der Waals surface area contributed by atoms with Crippen molar-refractivity contribution in [3.8, 4) is 0 Å². The minimum atomic E-state index is 1.16. The van der Waals surface area contributed by atoms with Crippen LogP contribution in [0.1, 0.15) is 128 Å². The van der Waals surface area contributed by atoms with Crippen molar-refractivity contribution in [2.75, 3.05) is 0 Å². The van der Waals surface area contributed by atoms with Gasteiger partial charge in [-0.25, -0.2) is 4.98 Å². The smallest absolute Gasteiger partial charge is 0.108 e. The van der Waals surface area contributed by atoms with Crippen LogP contribution < -0.4 is 0 Å². The molecule has 0 aliphatic carbocycles. The zero-order chi connectivity index (χ0) is 18.9. The number of unbranched alkanes of at least 4 members (excludes halogenated alkanes) is 14. The van der Waals surface area contributed by atoms with Crippen LogP contribution in [0.4, 0.5) is 0 Å². The van der Waals surface area contributed by atoms with Crippen LogP contribution in [-0.2, 0) is 19.9 Å². The van der Waals surface area contributed by atoms with Crippen molar-refractivity contribution in [1.82, 2.24) is 9.55 Å². The van der Waals surface area contributed by atoms with Gasteiger partial charge in [-0.2, -0.15) is 0 Å². The van der Waals surface area contributed by atoms with Crippen molar-refractivity contribution in [2.45, 2.75) is 129 Å². The zero-order valence-corrected chi connectivity index (χ0v) is 18.2. The third-order valence-corrected chi connectivity index (χ3v) is 5.56. The predicted molar refractivity (Wildman–Crippen MR) is 116 cm³/mol. The number of nitrogens with zero attached hydrogens (tertiary/aromatic N) is 2. The van der Waals surface area contributed by atoms with E-state index >= 15 is 0 Å². The molecule has 2 heteroatoms. The van der Waals surface area contributed by atoms with Crippen molar-refractivity contribution in [1.29, 1.82) is 0 Å². The highest BCUT2D eigenvalue weighted by Gasteiger charge is 2.05. The Morgan fingerprint density at radius 3 is 1.54 bits per heavy atom. The fourth-order valence-electron chi connectivity index (χ4n) is 3.78. The molecule has 0 bridgehead atoms. The zero-order valence-electron chi connectivity index (χ0n) is 18.2. The molecule has 152 valence electrons. The average molecular weight is 363 g/mol. The van der Waals surface area contributed by atoms with Crippen LogP contribution in [0.2, 0.25) is 0 Å². The Hall–Kier alpha value is -0.790. The van der Waals surface area contributed by atoms with Gasteiger partial charge in [0.25, 0.3) is 0 Å².